The molecule has 1 aliphatic rings. The van der Waals surface area contributed by atoms with E-state index in [-0.39, 0.29) is 17.8 Å². The van der Waals surface area contributed by atoms with Crippen LogP contribution in [0.3, 0.4) is 0 Å². The molecule has 1 rings (SSSR count). The summed E-state index contributed by atoms with van der Waals surface area (Å²) >= 11 is 0. The van der Waals surface area contributed by atoms with Gasteiger partial charge in [0.2, 0.25) is 0 Å². The van der Waals surface area contributed by atoms with E-state index < -0.39 is 0 Å². The van der Waals surface area contributed by atoms with Crippen molar-refractivity contribution in [1.82, 2.24) is 0 Å². The SMILES string of the molecule is COC(C)(C)CCC(O)CC1CCCCO1. The summed E-state index contributed by atoms with van der Waals surface area (Å²) in [5, 5.41) is 9.92. The van der Waals surface area contributed by atoms with Gasteiger partial charge in [-0.3, -0.25) is 0 Å². The van der Waals surface area contributed by atoms with Crippen LogP contribution in [0, 0.1) is 0 Å². The van der Waals surface area contributed by atoms with E-state index in [4.69, 9.17) is 9.47 Å². The molecule has 1 aliphatic heterocycles. The van der Waals surface area contributed by atoms with Crippen molar-refractivity contribution in [2.75, 3.05) is 13.7 Å². The largest absolute Gasteiger partial charge is 0.393 e. The van der Waals surface area contributed by atoms with Crippen molar-refractivity contribution in [2.45, 2.75) is 70.2 Å². The predicted molar refractivity (Wildman–Crippen MR) is 64.5 cm³/mol. The number of aliphatic hydroxyl groups is 1. The van der Waals surface area contributed by atoms with Gasteiger partial charge in [-0.2, -0.15) is 0 Å². The molecular formula is C13H26O3. The van der Waals surface area contributed by atoms with Crippen LogP contribution in [0.25, 0.3) is 0 Å². The Balaban J connectivity index is 2.17. The first kappa shape index (κ1) is 13.9. The van der Waals surface area contributed by atoms with Crippen LogP contribution in [0.15, 0.2) is 0 Å². The molecule has 0 amide bonds. The highest BCUT2D eigenvalue weighted by Gasteiger charge is 2.21. The van der Waals surface area contributed by atoms with Crippen molar-refractivity contribution in [2.24, 2.45) is 0 Å². The van der Waals surface area contributed by atoms with Crippen LogP contribution in [0.2, 0.25) is 0 Å². The van der Waals surface area contributed by atoms with Gasteiger partial charge >= 0.3 is 0 Å². The summed E-state index contributed by atoms with van der Waals surface area (Å²) in [6.45, 7) is 4.97. The number of rotatable bonds is 6. The van der Waals surface area contributed by atoms with Gasteiger partial charge in [-0.15, -0.1) is 0 Å². The van der Waals surface area contributed by atoms with Gasteiger partial charge in [0.15, 0.2) is 0 Å². The van der Waals surface area contributed by atoms with Crippen LogP contribution in [-0.2, 0) is 9.47 Å². The molecule has 3 heteroatoms. The van der Waals surface area contributed by atoms with Gasteiger partial charge in [-0.25, -0.2) is 0 Å². The molecule has 3 nitrogen and oxygen atoms in total. The third kappa shape index (κ3) is 5.28. The van der Waals surface area contributed by atoms with Crippen molar-refractivity contribution in [1.29, 1.82) is 0 Å². The van der Waals surface area contributed by atoms with Crippen LogP contribution in [0.5, 0.6) is 0 Å². The predicted octanol–water partition coefficient (Wildman–Crippen LogP) is 2.51. The minimum atomic E-state index is -0.252. The maximum Gasteiger partial charge on any atom is 0.0623 e. The second kappa shape index (κ2) is 6.58. The summed E-state index contributed by atoms with van der Waals surface area (Å²) in [4.78, 5) is 0. The van der Waals surface area contributed by atoms with Gasteiger partial charge in [0.1, 0.15) is 0 Å². The minimum Gasteiger partial charge on any atom is -0.393 e. The summed E-state index contributed by atoms with van der Waals surface area (Å²) < 4.78 is 11.0. The molecule has 0 radical (unpaired) electrons. The molecule has 96 valence electrons. The molecule has 2 unspecified atom stereocenters. The molecule has 1 fully saturated rings. The topological polar surface area (TPSA) is 38.7 Å². The summed E-state index contributed by atoms with van der Waals surface area (Å²) in [6.07, 6.45) is 5.99. The Hall–Kier alpha value is -0.120. The van der Waals surface area contributed by atoms with Crippen molar-refractivity contribution >= 4 is 0 Å². The van der Waals surface area contributed by atoms with E-state index >= 15 is 0 Å². The molecule has 0 aromatic heterocycles. The van der Waals surface area contributed by atoms with Crippen LogP contribution in [0.4, 0.5) is 0 Å². The average molecular weight is 230 g/mol. The van der Waals surface area contributed by atoms with Gasteiger partial charge in [0, 0.05) is 13.7 Å². The first-order chi connectivity index (χ1) is 7.53. The third-order valence-corrected chi connectivity index (χ3v) is 3.44. The highest BCUT2D eigenvalue weighted by Crippen LogP contribution is 2.22. The summed E-state index contributed by atoms with van der Waals surface area (Å²) in [7, 11) is 1.72. The second-order valence-electron chi connectivity index (χ2n) is 5.38. The highest BCUT2D eigenvalue weighted by molar-refractivity contribution is 4.73. The van der Waals surface area contributed by atoms with Crippen molar-refractivity contribution in [3.63, 3.8) is 0 Å². The lowest BCUT2D eigenvalue weighted by Crippen LogP contribution is -2.28. The third-order valence-electron chi connectivity index (χ3n) is 3.44. The molecule has 1 heterocycles. The van der Waals surface area contributed by atoms with Crippen LogP contribution in [0.1, 0.15) is 52.4 Å². The fraction of sp³-hybridized carbons (Fsp3) is 1.00. The fourth-order valence-electron chi connectivity index (χ4n) is 2.03. The van der Waals surface area contributed by atoms with Crippen LogP contribution in [-0.4, -0.2) is 36.6 Å². The van der Waals surface area contributed by atoms with E-state index in [1.54, 1.807) is 7.11 Å². The number of hydrogen-bond donors (Lipinski definition) is 1. The maximum absolute atomic E-state index is 9.92. The highest BCUT2D eigenvalue weighted by atomic mass is 16.5. The first-order valence-corrected chi connectivity index (χ1v) is 6.38. The van der Waals surface area contributed by atoms with Crippen molar-refractivity contribution in [3.05, 3.63) is 0 Å². The smallest absolute Gasteiger partial charge is 0.0623 e. The summed E-state index contributed by atoms with van der Waals surface area (Å²) in [5.41, 5.74) is -0.131. The number of ether oxygens (including phenoxy) is 2. The first-order valence-electron chi connectivity index (χ1n) is 6.38. The molecule has 16 heavy (non-hydrogen) atoms. The van der Waals surface area contributed by atoms with E-state index in [1.165, 1.54) is 12.8 Å². The quantitative estimate of drug-likeness (QED) is 0.762. The lowest BCUT2D eigenvalue weighted by molar-refractivity contribution is -0.0288. The standard InChI is InChI=1S/C13H26O3/c1-13(2,15-3)8-7-11(14)10-12-6-4-5-9-16-12/h11-12,14H,4-10H2,1-3H3. The molecule has 0 bridgehead atoms. The Bertz CT molecular complexity index is 186. The second-order valence-corrected chi connectivity index (χ2v) is 5.38. The normalized spacial score (nSPS) is 24.4. The monoisotopic (exact) mass is 230 g/mol. The molecule has 0 aliphatic carbocycles. The minimum absolute atomic E-state index is 0.131. The number of aliphatic hydroxyl groups excluding tert-OH is 1. The van der Waals surface area contributed by atoms with E-state index in [0.29, 0.717) is 0 Å². The molecule has 1 saturated heterocycles. The molecule has 0 aromatic rings. The van der Waals surface area contributed by atoms with Gasteiger partial charge in [-0.05, 0) is 52.4 Å². The number of hydrogen-bond acceptors (Lipinski definition) is 3. The molecular weight excluding hydrogens is 204 g/mol. The molecule has 0 saturated carbocycles. The Kier molecular flexibility index (Phi) is 5.73. The van der Waals surface area contributed by atoms with Gasteiger partial charge in [0.05, 0.1) is 17.8 Å². The zero-order valence-corrected chi connectivity index (χ0v) is 10.9. The zero-order chi connectivity index (χ0) is 12.0. The average Bonchev–Trinajstić information content (AvgIpc) is 2.28. The maximum atomic E-state index is 9.92. The molecule has 0 spiro atoms. The Morgan fingerprint density at radius 1 is 1.44 bits per heavy atom. The molecule has 0 aromatic carbocycles. The Labute approximate surface area is 99.1 Å². The van der Waals surface area contributed by atoms with Crippen molar-refractivity contribution in [3.8, 4) is 0 Å². The Morgan fingerprint density at radius 2 is 2.19 bits per heavy atom. The van der Waals surface area contributed by atoms with Gasteiger partial charge in [0.25, 0.3) is 0 Å². The van der Waals surface area contributed by atoms with E-state index in [9.17, 15) is 5.11 Å². The number of methoxy groups -OCH3 is 1. The van der Waals surface area contributed by atoms with E-state index in [2.05, 4.69) is 13.8 Å². The van der Waals surface area contributed by atoms with E-state index in [1.807, 2.05) is 0 Å². The van der Waals surface area contributed by atoms with Crippen LogP contribution < -0.4 is 0 Å². The van der Waals surface area contributed by atoms with E-state index in [0.717, 1.165) is 32.3 Å². The molecule has 2 atom stereocenters. The summed E-state index contributed by atoms with van der Waals surface area (Å²) in [6, 6.07) is 0. The Morgan fingerprint density at radius 3 is 2.75 bits per heavy atom. The summed E-state index contributed by atoms with van der Waals surface area (Å²) in [5.74, 6) is 0. The van der Waals surface area contributed by atoms with Crippen LogP contribution >= 0.6 is 0 Å². The van der Waals surface area contributed by atoms with Gasteiger partial charge in [-0.1, -0.05) is 0 Å². The lowest BCUT2D eigenvalue weighted by Gasteiger charge is -2.27. The van der Waals surface area contributed by atoms with Gasteiger partial charge < -0.3 is 14.6 Å². The fourth-order valence-corrected chi connectivity index (χ4v) is 2.03. The molecule has 1 N–H and O–H groups in total. The van der Waals surface area contributed by atoms with Crippen molar-refractivity contribution < 1.29 is 14.6 Å². The zero-order valence-electron chi connectivity index (χ0n) is 10.9. The lowest BCUT2D eigenvalue weighted by atomic mass is 9.96.